The zero-order valence-electron chi connectivity index (χ0n) is 15.7. The minimum atomic E-state index is -4.48. The standard InChI is InChI=1S/C18H22ClF3N4O2/c1-10(2)16(17(27)23-8-4-5-15-24-11(3)26-28-15)25-14-7-6-12(9-13(14)19)18(20,21)22/h6-7,9-10,16,25H,4-5,8H2,1-3H3,(H,23,27)/t16-/m0/s1. The summed E-state index contributed by atoms with van der Waals surface area (Å²) >= 11 is 5.97. The molecule has 1 aromatic heterocycles. The smallest absolute Gasteiger partial charge is 0.372 e. The van der Waals surface area contributed by atoms with E-state index in [-0.39, 0.29) is 22.5 Å². The van der Waals surface area contributed by atoms with Crippen LogP contribution >= 0.6 is 11.6 Å². The molecule has 2 aromatic rings. The van der Waals surface area contributed by atoms with Crippen LogP contribution < -0.4 is 10.6 Å². The van der Waals surface area contributed by atoms with Crippen LogP contribution in [0.5, 0.6) is 0 Å². The van der Waals surface area contributed by atoms with Crippen molar-refractivity contribution >= 4 is 23.2 Å². The fraction of sp³-hybridized carbons (Fsp3) is 0.500. The number of halogens is 4. The van der Waals surface area contributed by atoms with Gasteiger partial charge in [0.1, 0.15) is 6.04 Å². The van der Waals surface area contributed by atoms with Gasteiger partial charge in [0.25, 0.3) is 0 Å². The number of hydrogen-bond acceptors (Lipinski definition) is 5. The molecule has 2 rings (SSSR count). The number of benzene rings is 1. The van der Waals surface area contributed by atoms with Crippen LogP contribution in [0.4, 0.5) is 18.9 Å². The van der Waals surface area contributed by atoms with Gasteiger partial charge in [-0.1, -0.05) is 30.6 Å². The molecule has 0 aliphatic carbocycles. The number of nitrogens with one attached hydrogen (secondary N) is 2. The molecular weight excluding hydrogens is 397 g/mol. The number of rotatable bonds is 8. The molecule has 2 N–H and O–H groups in total. The lowest BCUT2D eigenvalue weighted by Crippen LogP contribution is -2.43. The molecule has 0 radical (unpaired) electrons. The normalized spacial score (nSPS) is 12.9. The van der Waals surface area contributed by atoms with E-state index in [1.165, 1.54) is 6.07 Å². The molecule has 1 aromatic carbocycles. The molecule has 0 aliphatic rings. The highest BCUT2D eigenvalue weighted by molar-refractivity contribution is 6.33. The summed E-state index contributed by atoms with van der Waals surface area (Å²) in [7, 11) is 0. The van der Waals surface area contributed by atoms with Crippen LogP contribution in [-0.4, -0.2) is 28.6 Å². The highest BCUT2D eigenvalue weighted by Gasteiger charge is 2.31. The fourth-order valence-electron chi connectivity index (χ4n) is 2.51. The van der Waals surface area contributed by atoms with Gasteiger partial charge in [0.15, 0.2) is 5.82 Å². The Bertz CT molecular complexity index is 808. The van der Waals surface area contributed by atoms with E-state index in [9.17, 15) is 18.0 Å². The van der Waals surface area contributed by atoms with Crippen LogP contribution in [0, 0.1) is 12.8 Å². The molecule has 0 aliphatic heterocycles. The van der Waals surface area contributed by atoms with Crippen LogP contribution in [0.15, 0.2) is 22.7 Å². The average molecular weight is 419 g/mol. The molecule has 0 saturated carbocycles. The Balaban J connectivity index is 1.94. The lowest BCUT2D eigenvalue weighted by molar-refractivity contribution is -0.137. The number of aryl methyl sites for hydroxylation is 2. The Morgan fingerprint density at radius 2 is 2.04 bits per heavy atom. The number of carbonyl (C=O) groups excluding carboxylic acids is 1. The summed E-state index contributed by atoms with van der Waals surface area (Å²) in [6, 6.07) is 2.34. The number of anilines is 1. The van der Waals surface area contributed by atoms with E-state index >= 15 is 0 Å². The molecule has 0 bridgehead atoms. The first kappa shape index (κ1) is 22.0. The van der Waals surface area contributed by atoms with Gasteiger partial charge >= 0.3 is 6.18 Å². The molecule has 154 valence electrons. The first-order chi connectivity index (χ1) is 13.1. The molecule has 6 nitrogen and oxygen atoms in total. The first-order valence-electron chi connectivity index (χ1n) is 8.78. The summed E-state index contributed by atoms with van der Waals surface area (Å²) in [5.41, 5.74) is -0.574. The molecule has 1 atom stereocenters. The summed E-state index contributed by atoms with van der Waals surface area (Å²) in [4.78, 5) is 16.6. The maximum absolute atomic E-state index is 12.8. The lowest BCUT2D eigenvalue weighted by atomic mass is 10.0. The monoisotopic (exact) mass is 418 g/mol. The molecule has 0 unspecified atom stereocenters. The van der Waals surface area contributed by atoms with Crippen LogP contribution in [0.25, 0.3) is 0 Å². The van der Waals surface area contributed by atoms with E-state index in [0.717, 1.165) is 12.1 Å². The second-order valence-electron chi connectivity index (χ2n) is 6.69. The van der Waals surface area contributed by atoms with Gasteiger partial charge in [-0.05, 0) is 37.5 Å². The third-order valence-electron chi connectivity index (χ3n) is 3.99. The number of hydrogen-bond donors (Lipinski definition) is 2. The molecule has 1 amide bonds. The van der Waals surface area contributed by atoms with Crippen LogP contribution in [0.1, 0.15) is 37.5 Å². The van der Waals surface area contributed by atoms with Crippen molar-refractivity contribution < 1.29 is 22.5 Å². The summed E-state index contributed by atoms with van der Waals surface area (Å²) in [5.74, 6) is 0.669. The summed E-state index contributed by atoms with van der Waals surface area (Å²) < 4.78 is 43.3. The van der Waals surface area contributed by atoms with Crippen LogP contribution in [-0.2, 0) is 17.4 Å². The van der Waals surface area contributed by atoms with Crippen molar-refractivity contribution in [3.63, 3.8) is 0 Å². The van der Waals surface area contributed by atoms with Crippen molar-refractivity contribution in [3.8, 4) is 0 Å². The zero-order valence-corrected chi connectivity index (χ0v) is 16.5. The van der Waals surface area contributed by atoms with Gasteiger partial charge in [-0.2, -0.15) is 18.2 Å². The Morgan fingerprint density at radius 1 is 1.32 bits per heavy atom. The van der Waals surface area contributed by atoms with Crippen molar-refractivity contribution in [1.82, 2.24) is 15.5 Å². The summed E-state index contributed by atoms with van der Waals surface area (Å²) in [5, 5.41) is 9.33. The maximum Gasteiger partial charge on any atom is 0.416 e. The van der Waals surface area contributed by atoms with Gasteiger partial charge in [0.2, 0.25) is 11.8 Å². The second kappa shape index (κ2) is 9.27. The second-order valence-corrected chi connectivity index (χ2v) is 7.10. The quantitative estimate of drug-likeness (QED) is 0.627. The van der Waals surface area contributed by atoms with E-state index in [1.807, 2.05) is 13.8 Å². The Morgan fingerprint density at radius 3 is 2.57 bits per heavy atom. The number of carbonyl (C=O) groups is 1. The number of alkyl halides is 3. The van der Waals surface area contributed by atoms with Crippen molar-refractivity contribution in [2.75, 3.05) is 11.9 Å². The van der Waals surface area contributed by atoms with Crippen molar-refractivity contribution in [1.29, 1.82) is 0 Å². The zero-order chi connectivity index (χ0) is 20.9. The predicted octanol–water partition coefficient (Wildman–Crippen LogP) is 4.24. The average Bonchev–Trinajstić information content (AvgIpc) is 3.01. The van der Waals surface area contributed by atoms with E-state index in [2.05, 4.69) is 20.8 Å². The Labute approximate surface area is 165 Å². The van der Waals surface area contributed by atoms with Gasteiger partial charge < -0.3 is 15.2 Å². The molecule has 0 spiro atoms. The van der Waals surface area contributed by atoms with Crippen LogP contribution in [0.2, 0.25) is 5.02 Å². The van der Waals surface area contributed by atoms with Gasteiger partial charge in [-0.25, -0.2) is 0 Å². The summed E-state index contributed by atoms with van der Waals surface area (Å²) in [6.07, 6.45) is -3.33. The van der Waals surface area contributed by atoms with Crippen molar-refractivity contribution in [3.05, 3.63) is 40.5 Å². The van der Waals surface area contributed by atoms with E-state index in [4.69, 9.17) is 16.1 Å². The molecule has 0 saturated heterocycles. The van der Waals surface area contributed by atoms with Gasteiger partial charge in [0, 0.05) is 13.0 Å². The largest absolute Gasteiger partial charge is 0.416 e. The van der Waals surface area contributed by atoms with Crippen molar-refractivity contribution in [2.24, 2.45) is 5.92 Å². The first-order valence-corrected chi connectivity index (χ1v) is 9.16. The van der Waals surface area contributed by atoms with E-state index in [1.54, 1.807) is 6.92 Å². The topological polar surface area (TPSA) is 80.0 Å². The fourth-order valence-corrected chi connectivity index (χ4v) is 2.75. The molecular formula is C18H22ClF3N4O2. The number of amides is 1. The lowest BCUT2D eigenvalue weighted by Gasteiger charge is -2.23. The Hall–Kier alpha value is -2.29. The molecule has 28 heavy (non-hydrogen) atoms. The Kier molecular flexibility index (Phi) is 7.29. The number of nitrogens with zero attached hydrogens (tertiary/aromatic N) is 2. The van der Waals surface area contributed by atoms with Gasteiger partial charge in [-0.15, -0.1) is 0 Å². The van der Waals surface area contributed by atoms with Gasteiger partial charge in [0.05, 0.1) is 16.3 Å². The minimum Gasteiger partial charge on any atom is -0.372 e. The third-order valence-corrected chi connectivity index (χ3v) is 4.31. The number of aromatic nitrogens is 2. The van der Waals surface area contributed by atoms with Crippen molar-refractivity contribution in [2.45, 2.75) is 45.8 Å². The van der Waals surface area contributed by atoms with Gasteiger partial charge in [-0.3, -0.25) is 4.79 Å². The highest BCUT2D eigenvalue weighted by Crippen LogP contribution is 2.34. The predicted molar refractivity (Wildman–Crippen MR) is 99.1 cm³/mol. The van der Waals surface area contributed by atoms with E-state index < -0.39 is 17.8 Å². The van der Waals surface area contributed by atoms with E-state index in [0.29, 0.717) is 31.1 Å². The third kappa shape index (κ3) is 6.12. The summed E-state index contributed by atoms with van der Waals surface area (Å²) in [6.45, 7) is 5.78. The molecule has 0 fully saturated rings. The molecule has 10 heteroatoms. The maximum atomic E-state index is 12.8. The minimum absolute atomic E-state index is 0.0972. The van der Waals surface area contributed by atoms with Crippen LogP contribution in [0.3, 0.4) is 0 Å². The highest BCUT2D eigenvalue weighted by atomic mass is 35.5. The SMILES string of the molecule is Cc1noc(CCCNC(=O)[C@@H](Nc2ccc(C(F)(F)F)cc2Cl)C(C)C)n1. The molecule has 1 heterocycles.